The summed E-state index contributed by atoms with van der Waals surface area (Å²) < 4.78 is 0. The zero-order valence-electron chi connectivity index (χ0n) is 13.6. The van der Waals surface area contributed by atoms with Crippen LogP contribution in [0.5, 0.6) is 0 Å². The average molecular weight is 348 g/mol. The van der Waals surface area contributed by atoms with E-state index in [0.29, 0.717) is 17.8 Å². The molecule has 0 fully saturated rings. The van der Waals surface area contributed by atoms with E-state index in [2.05, 4.69) is 57.1 Å². The molecule has 124 valence electrons. The molecule has 0 spiro atoms. The molecular formula is C20H18N3OS+. The van der Waals surface area contributed by atoms with Crippen molar-refractivity contribution in [1.29, 1.82) is 0 Å². The van der Waals surface area contributed by atoms with Gasteiger partial charge in [0.2, 0.25) is 0 Å². The van der Waals surface area contributed by atoms with E-state index in [1.54, 1.807) is 17.4 Å². The summed E-state index contributed by atoms with van der Waals surface area (Å²) in [6.45, 7) is 0.609. The van der Waals surface area contributed by atoms with Crippen molar-refractivity contribution in [2.45, 2.75) is 12.6 Å². The van der Waals surface area contributed by atoms with Crippen LogP contribution in [-0.4, -0.2) is 9.97 Å². The van der Waals surface area contributed by atoms with E-state index < -0.39 is 0 Å². The Kier molecular flexibility index (Phi) is 4.41. The largest absolute Gasteiger partial charge is 0.329 e. The van der Waals surface area contributed by atoms with Gasteiger partial charge >= 0.3 is 0 Å². The minimum atomic E-state index is -0.0821. The van der Waals surface area contributed by atoms with Gasteiger partial charge in [-0.2, -0.15) is 0 Å². The summed E-state index contributed by atoms with van der Waals surface area (Å²) >= 11 is 1.74. The number of thiophene rings is 1. The molecule has 0 bridgehead atoms. The van der Waals surface area contributed by atoms with Crippen molar-refractivity contribution in [1.82, 2.24) is 9.97 Å². The fraction of sp³-hybridized carbons (Fsp3) is 0.100. The molecule has 1 atom stereocenters. The lowest BCUT2D eigenvalue weighted by molar-refractivity contribution is -0.702. The van der Waals surface area contributed by atoms with Crippen LogP contribution in [0, 0.1) is 0 Å². The van der Waals surface area contributed by atoms with E-state index >= 15 is 0 Å². The number of aromatic nitrogens is 2. The summed E-state index contributed by atoms with van der Waals surface area (Å²) in [5.41, 5.74) is 1.90. The molecule has 4 nitrogen and oxygen atoms in total. The van der Waals surface area contributed by atoms with Gasteiger partial charge in [0.15, 0.2) is 5.82 Å². The van der Waals surface area contributed by atoms with Crippen molar-refractivity contribution in [3.05, 3.63) is 98.7 Å². The summed E-state index contributed by atoms with van der Waals surface area (Å²) in [7, 11) is 0. The first-order valence-corrected chi connectivity index (χ1v) is 9.09. The van der Waals surface area contributed by atoms with Crippen LogP contribution in [0.25, 0.3) is 10.9 Å². The van der Waals surface area contributed by atoms with Crippen molar-refractivity contribution in [2.24, 2.45) is 0 Å². The SMILES string of the molecule is O=c1[nH]c(C[NH2+][C@H](c2ccccc2)c2cccs2)nc2ccccc12. The molecule has 0 saturated heterocycles. The molecule has 2 aromatic carbocycles. The topological polar surface area (TPSA) is 62.4 Å². The quantitative estimate of drug-likeness (QED) is 0.582. The zero-order chi connectivity index (χ0) is 17.1. The van der Waals surface area contributed by atoms with Gasteiger partial charge in [0.05, 0.1) is 15.8 Å². The first-order chi connectivity index (χ1) is 12.3. The smallest absolute Gasteiger partial charge is 0.258 e. The Bertz CT molecular complexity index is 1030. The summed E-state index contributed by atoms with van der Waals surface area (Å²) in [4.78, 5) is 21.0. The molecule has 0 saturated carbocycles. The second-order valence-corrected chi connectivity index (χ2v) is 6.85. The van der Waals surface area contributed by atoms with E-state index in [9.17, 15) is 4.79 Å². The van der Waals surface area contributed by atoms with Crippen LogP contribution in [0.2, 0.25) is 0 Å². The number of nitrogens with one attached hydrogen (secondary N) is 1. The van der Waals surface area contributed by atoms with Gasteiger partial charge in [0, 0.05) is 5.56 Å². The average Bonchev–Trinajstić information content (AvgIpc) is 3.17. The standard InChI is InChI=1S/C20H17N3OS/c24-20-15-9-4-5-10-16(15)22-18(23-20)13-21-19(17-11-6-12-25-17)14-7-2-1-3-8-14/h1-12,19,21H,13H2,(H,22,23,24)/p+1/t19-/m1/s1. The van der Waals surface area contributed by atoms with Gasteiger partial charge in [-0.3, -0.25) is 4.79 Å². The second kappa shape index (κ2) is 7.01. The van der Waals surface area contributed by atoms with Gasteiger partial charge in [0.1, 0.15) is 12.6 Å². The maximum Gasteiger partial charge on any atom is 0.258 e. The Morgan fingerprint density at radius 3 is 2.60 bits per heavy atom. The summed E-state index contributed by atoms with van der Waals surface area (Å²) in [5.74, 6) is 0.696. The molecule has 0 aliphatic carbocycles. The van der Waals surface area contributed by atoms with Gasteiger partial charge in [-0.25, -0.2) is 4.98 Å². The molecule has 4 aromatic rings. The van der Waals surface area contributed by atoms with Crippen LogP contribution in [0.1, 0.15) is 22.3 Å². The lowest BCUT2D eigenvalue weighted by atomic mass is 10.1. The Labute approximate surface area is 149 Å². The number of hydrogen-bond acceptors (Lipinski definition) is 3. The van der Waals surface area contributed by atoms with E-state index in [-0.39, 0.29) is 11.6 Å². The summed E-state index contributed by atoms with van der Waals surface area (Å²) in [5, 5.41) is 4.94. The molecule has 5 heteroatoms. The number of benzene rings is 2. The highest BCUT2D eigenvalue weighted by Crippen LogP contribution is 2.22. The third kappa shape index (κ3) is 3.38. The first kappa shape index (κ1) is 15.7. The van der Waals surface area contributed by atoms with E-state index in [1.807, 2.05) is 24.3 Å². The van der Waals surface area contributed by atoms with E-state index in [4.69, 9.17) is 0 Å². The Morgan fingerprint density at radius 1 is 1.00 bits per heavy atom. The monoisotopic (exact) mass is 348 g/mol. The maximum absolute atomic E-state index is 12.2. The Morgan fingerprint density at radius 2 is 1.80 bits per heavy atom. The lowest BCUT2D eigenvalue weighted by Crippen LogP contribution is -2.84. The van der Waals surface area contributed by atoms with Crippen LogP contribution in [0.4, 0.5) is 0 Å². The van der Waals surface area contributed by atoms with Crippen LogP contribution >= 0.6 is 11.3 Å². The first-order valence-electron chi connectivity index (χ1n) is 8.21. The molecule has 0 aliphatic rings. The number of quaternary nitrogens is 1. The lowest BCUT2D eigenvalue weighted by Gasteiger charge is -2.14. The number of nitrogens with two attached hydrogens (primary N) is 1. The number of nitrogens with zero attached hydrogens (tertiary/aromatic N) is 1. The number of aromatic amines is 1. The molecule has 0 amide bonds. The minimum absolute atomic E-state index is 0.0821. The molecule has 2 aromatic heterocycles. The van der Waals surface area contributed by atoms with E-state index in [0.717, 1.165) is 5.52 Å². The minimum Gasteiger partial charge on any atom is -0.329 e. The van der Waals surface area contributed by atoms with Gasteiger partial charge in [-0.1, -0.05) is 48.5 Å². The highest BCUT2D eigenvalue weighted by molar-refractivity contribution is 7.10. The summed E-state index contributed by atoms with van der Waals surface area (Å²) in [6.07, 6.45) is 0. The predicted octanol–water partition coefficient (Wildman–Crippen LogP) is 2.84. The van der Waals surface area contributed by atoms with Crippen LogP contribution in [-0.2, 0) is 6.54 Å². The molecular weight excluding hydrogens is 330 g/mol. The molecule has 3 N–H and O–H groups in total. The summed E-state index contributed by atoms with van der Waals surface area (Å²) in [6, 6.07) is 22.3. The zero-order valence-corrected chi connectivity index (χ0v) is 14.4. The van der Waals surface area contributed by atoms with Gasteiger partial charge in [0.25, 0.3) is 5.56 Å². The number of para-hydroxylation sites is 1. The maximum atomic E-state index is 12.2. The fourth-order valence-electron chi connectivity index (χ4n) is 3.01. The number of fused-ring (bicyclic) bond motifs is 1. The normalized spacial score (nSPS) is 12.3. The Hall–Kier alpha value is -2.76. The molecule has 0 radical (unpaired) electrons. The van der Waals surface area contributed by atoms with Crippen LogP contribution in [0.15, 0.2) is 76.9 Å². The van der Waals surface area contributed by atoms with Gasteiger partial charge < -0.3 is 10.3 Å². The Balaban J connectivity index is 1.63. The van der Waals surface area contributed by atoms with Crippen molar-refractivity contribution in [3.8, 4) is 0 Å². The highest BCUT2D eigenvalue weighted by atomic mass is 32.1. The number of rotatable bonds is 5. The van der Waals surface area contributed by atoms with E-state index in [1.165, 1.54) is 10.4 Å². The van der Waals surface area contributed by atoms with Gasteiger partial charge in [-0.15, -0.1) is 11.3 Å². The molecule has 2 heterocycles. The third-order valence-electron chi connectivity index (χ3n) is 4.22. The fourth-order valence-corrected chi connectivity index (χ4v) is 3.86. The van der Waals surface area contributed by atoms with Crippen molar-refractivity contribution in [3.63, 3.8) is 0 Å². The molecule has 4 rings (SSSR count). The highest BCUT2D eigenvalue weighted by Gasteiger charge is 2.19. The number of H-pyrrole nitrogens is 1. The second-order valence-electron chi connectivity index (χ2n) is 5.87. The van der Waals surface area contributed by atoms with Gasteiger partial charge in [-0.05, 0) is 23.6 Å². The van der Waals surface area contributed by atoms with Crippen LogP contribution < -0.4 is 10.9 Å². The van der Waals surface area contributed by atoms with Crippen molar-refractivity contribution >= 4 is 22.2 Å². The molecule has 0 unspecified atom stereocenters. The molecule has 25 heavy (non-hydrogen) atoms. The van der Waals surface area contributed by atoms with Crippen LogP contribution in [0.3, 0.4) is 0 Å². The number of hydrogen-bond donors (Lipinski definition) is 2. The molecule has 0 aliphatic heterocycles. The predicted molar refractivity (Wildman–Crippen MR) is 101 cm³/mol. The third-order valence-corrected chi connectivity index (χ3v) is 5.17. The van der Waals surface area contributed by atoms with Crippen molar-refractivity contribution < 1.29 is 5.32 Å². The van der Waals surface area contributed by atoms with Crippen molar-refractivity contribution in [2.75, 3.05) is 0 Å².